The molecule has 0 spiro atoms. The second kappa shape index (κ2) is 12.7. The molecule has 40 heavy (non-hydrogen) atoms. The summed E-state index contributed by atoms with van der Waals surface area (Å²) in [5, 5.41) is 2.85. The van der Waals surface area contributed by atoms with Crippen LogP contribution in [0.1, 0.15) is 26.3 Å². The highest BCUT2D eigenvalue weighted by molar-refractivity contribution is 9.10. The predicted molar refractivity (Wildman–Crippen MR) is 156 cm³/mol. The molecule has 0 saturated heterocycles. The van der Waals surface area contributed by atoms with E-state index < -0.39 is 28.5 Å². The summed E-state index contributed by atoms with van der Waals surface area (Å²) in [6.45, 7) is 5.59. The Hall–Kier alpha value is -3.57. The van der Waals surface area contributed by atoms with Gasteiger partial charge in [-0.25, -0.2) is 8.42 Å². The van der Waals surface area contributed by atoms with Crippen molar-refractivity contribution in [2.24, 2.45) is 0 Å². The summed E-state index contributed by atoms with van der Waals surface area (Å²) in [6.07, 6.45) is 0. The molecular weight excluding hydrogens is 598 g/mol. The van der Waals surface area contributed by atoms with Gasteiger partial charge in [-0.2, -0.15) is 0 Å². The fourth-order valence-corrected chi connectivity index (χ4v) is 5.90. The van der Waals surface area contributed by atoms with Gasteiger partial charge in [-0.05, 0) is 62.7 Å². The van der Waals surface area contributed by atoms with E-state index in [0.29, 0.717) is 24.7 Å². The number of ether oxygens (including phenoxy) is 2. The Kier molecular flexibility index (Phi) is 9.36. The van der Waals surface area contributed by atoms with Crippen LogP contribution in [0.3, 0.4) is 0 Å². The number of fused-ring (bicyclic) bond motifs is 1. The van der Waals surface area contributed by atoms with Gasteiger partial charge in [0.2, 0.25) is 11.8 Å². The highest BCUT2D eigenvalue weighted by Crippen LogP contribution is 2.36. The van der Waals surface area contributed by atoms with Crippen molar-refractivity contribution in [3.63, 3.8) is 0 Å². The van der Waals surface area contributed by atoms with Gasteiger partial charge in [-0.1, -0.05) is 46.3 Å². The zero-order valence-electron chi connectivity index (χ0n) is 22.5. The molecule has 9 nitrogen and oxygen atoms in total. The largest absolute Gasteiger partial charge is 0.486 e. The first kappa shape index (κ1) is 29.4. The Balaban J connectivity index is 1.73. The van der Waals surface area contributed by atoms with Crippen LogP contribution < -0.4 is 19.1 Å². The average Bonchev–Trinajstić information content (AvgIpc) is 2.95. The van der Waals surface area contributed by atoms with Gasteiger partial charge in [0, 0.05) is 23.1 Å². The van der Waals surface area contributed by atoms with Crippen LogP contribution in [0.2, 0.25) is 0 Å². The number of carbonyl (C=O) groups is 2. The van der Waals surface area contributed by atoms with Crippen molar-refractivity contribution < 1.29 is 27.5 Å². The van der Waals surface area contributed by atoms with Gasteiger partial charge >= 0.3 is 0 Å². The van der Waals surface area contributed by atoms with Crippen LogP contribution in [0.15, 0.2) is 82.2 Å². The van der Waals surface area contributed by atoms with E-state index in [2.05, 4.69) is 21.2 Å². The van der Waals surface area contributed by atoms with Crippen LogP contribution in [0.4, 0.5) is 5.69 Å². The monoisotopic (exact) mass is 629 g/mol. The SMILES string of the molecule is CC(C)NC(=O)[C@@H](C)N(Cc1ccc(Br)cc1)C(=O)CN(c1ccc2c(c1)OCCO2)S(=O)(=O)c1ccccc1. The summed E-state index contributed by atoms with van der Waals surface area (Å²) < 4.78 is 41.0. The highest BCUT2D eigenvalue weighted by atomic mass is 79.9. The fraction of sp³-hybridized carbons (Fsp3) is 0.310. The lowest BCUT2D eigenvalue weighted by Gasteiger charge is -2.32. The standard InChI is InChI=1S/C29H32BrN3O6S/c1-20(2)31-29(35)21(3)32(18-22-9-11-23(30)12-10-22)28(34)19-33(40(36,37)25-7-5-4-6-8-25)24-13-14-26-27(17-24)39-16-15-38-26/h4-14,17,20-21H,15-16,18-19H2,1-3H3,(H,31,35)/t21-/m1/s1. The van der Waals surface area contributed by atoms with Gasteiger partial charge < -0.3 is 19.7 Å². The Labute approximate surface area is 243 Å². The van der Waals surface area contributed by atoms with Crippen LogP contribution in [-0.2, 0) is 26.2 Å². The summed E-state index contributed by atoms with van der Waals surface area (Å²) >= 11 is 3.41. The lowest BCUT2D eigenvalue weighted by molar-refractivity contribution is -0.139. The lowest BCUT2D eigenvalue weighted by Crippen LogP contribution is -2.52. The minimum Gasteiger partial charge on any atom is -0.486 e. The van der Waals surface area contributed by atoms with Gasteiger partial charge in [0.15, 0.2) is 11.5 Å². The Morgan fingerprint density at radius 1 is 0.925 bits per heavy atom. The molecule has 1 N–H and O–H groups in total. The van der Waals surface area contributed by atoms with Gasteiger partial charge in [0.05, 0.1) is 10.6 Å². The topological polar surface area (TPSA) is 105 Å². The zero-order chi connectivity index (χ0) is 28.9. The van der Waals surface area contributed by atoms with E-state index >= 15 is 0 Å². The van der Waals surface area contributed by atoms with Crippen LogP contribution in [0.5, 0.6) is 11.5 Å². The van der Waals surface area contributed by atoms with Gasteiger partial charge in [-0.15, -0.1) is 0 Å². The van der Waals surface area contributed by atoms with Crippen molar-refractivity contribution in [2.45, 2.75) is 44.3 Å². The summed E-state index contributed by atoms with van der Waals surface area (Å²) in [5.41, 5.74) is 1.03. The first-order valence-corrected chi connectivity index (χ1v) is 15.1. The molecular formula is C29H32BrN3O6S. The molecule has 212 valence electrons. The Morgan fingerprint density at radius 2 is 1.57 bits per heavy atom. The van der Waals surface area contributed by atoms with Crippen molar-refractivity contribution >= 4 is 43.5 Å². The lowest BCUT2D eigenvalue weighted by atomic mass is 10.1. The number of benzene rings is 3. The number of nitrogens with zero attached hydrogens (tertiary/aromatic N) is 2. The third kappa shape index (κ3) is 6.95. The maximum absolute atomic E-state index is 14.0. The Morgan fingerprint density at radius 3 is 2.23 bits per heavy atom. The number of halogens is 1. The predicted octanol–water partition coefficient (Wildman–Crippen LogP) is 4.36. The van der Waals surface area contributed by atoms with Crippen molar-refractivity contribution in [2.75, 3.05) is 24.1 Å². The van der Waals surface area contributed by atoms with Gasteiger partial charge in [-0.3, -0.25) is 13.9 Å². The number of carbonyl (C=O) groups excluding carboxylic acids is 2. The third-order valence-electron chi connectivity index (χ3n) is 6.29. The van der Waals surface area contributed by atoms with E-state index in [9.17, 15) is 18.0 Å². The van der Waals surface area contributed by atoms with Gasteiger partial charge in [0.1, 0.15) is 25.8 Å². The van der Waals surface area contributed by atoms with Crippen molar-refractivity contribution in [1.82, 2.24) is 10.2 Å². The van der Waals surface area contributed by atoms with E-state index in [-0.39, 0.29) is 29.1 Å². The molecule has 0 aromatic heterocycles. The number of sulfonamides is 1. The smallest absolute Gasteiger partial charge is 0.264 e. The third-order valence-corrected chi connectivity index (χ3v) is 8.60. The minimum atomic E-state index is -4.17. The van der Waals surface area contributed by atoms with Gasteiger partial charge in [0.25, 0.3) is 10.0 Å². The molecule has 1 aliphatic rings. The molecule has 0 unspecified atom stereocenters. The molecule has 2 amide bonds. The normalized spacial score (nSPS) is 13.4. The zero-order valence-corrected chi connectivity index (χ0v) is 24.9. The molecule has 3 aromatic carbocycles. The summed E-state index contributed by atoms with van der Waals surface area (Å²) in [6, 6.07) is 19.0. The quantitative estimate of drug-likeness (QED) is 0.357. The molecule has 1 aliphatic heterocycles. The summed E-state index contributed by atoms with van der Waals surface area (Å²) in [4.78, 5) is 28.4. The summed E-state index contributed by atoms with van der Waals surface area (Å²) in [7, 11) is -4.17. The van der Waals surface area contributed by atoms with Crippen LogP contribution in [0.25, 0.3) is 0 Å². The molecule has 0 radical (unpaired) electrons. The highest BCUT2D eigenvalue weighted by Gasteiger charge is 2.33. The number of anilines is 1. The van der Waals surface area contributed by atoms with Crippen molar-refractivity contribution in [3.8, 4) is 11.5 Å². The second-order valence-electron chi connectivity index (χ2n) is 9.64. The van der Waals surface area contributed by atoms with E-state index in [1.807, 2.05) is 38.1 Å². The number of amides is 2. The van der Waals surface area contributed by atoms with Crippen molar-refractivity contribution in [3.05, 3.63) is 82.8 Å². The molecule has 11 heteroatoms. The van der Waals surface area contributed by atoms with Crippen LogP contribution in [0, 0.1) is 0 Å². The first-order valence-electron chi connectivity index (χ1n) is 12.9. The molecule has 0 bridgehead atoms. The number of hydrogen-bond donors (Lipinski definition) is 1. The van der Waals surface area contributed by atoms with E-state index in [1.54, 1.807) is 43.3 Å². The molecule has 3 aromatic rings. The molecule has 1 heterocycles. The first-order chi connectivity index (χ1) is 19.1. The number of rotatable bonds is 10. The molecule has 0 saturated carbocycles. The van der Waals surface area contributed by atoms with Crippen molar-refractivity contribution in [1.29, 1.82) is 0 Å². The van der Waals surface area contributed by atoms with Crippen LogP contribution >= 0.6 is 15.9 Å². The molecule has 0 aliphatic carbocycles. The number of hydrogen-bond acceptors (Lipinski definition) is 6. The van der Waals surface area contributed by atoms with E-state index in [1.165, 1.54) is 17.0 Å². The van der Waals surface area contributed by atoms with E-state index in [4.69, 9.17) is 9.47 Å². The number of nitrogens with one attached hydrogen (secondary N) is 1. The summed E-state index contributed by atoms with van der Waals surface area (Å²) in [5.74, 6) is 0.0102. The average molecular weight is 631 g/mol. The maximum atomic E-state index is 14.0. The molecule has 0 fully saturated rings. The maximum Gasteiger partial charge on any atom is 0.264 e. The fourth-order valence-electron chi connectivity index (χ4n) is 4.21. The molecule has 4 rings (SSSR count). The second-order valence-corrected chi connectivity index (χ2v) is 12.4. The van der Waals surface area contributed by atoms with Crippen LogP contribution in [-0.4, -0.2) is 57.0 Å². The van der Waals surface area contributed by atoms with E-state index in [0.717, 1.165) is 14.3 Å². The Bertz CT molecular complexity index is 1450. The molecule has 1 atom stereocenters. The minimum absolute atomic E-state index is 0.0303.